The first-order valence-electron chi connectivity index (χ1n) is 9.24. The number of carbonyl (C=O) groups excluding carboxylic acids is 1. The molecule has 3 heterocycles. The summed E-state index contributed by atoms with van der Waals surface area (Å²) >= 11 is 3.09. The van der Waals surface area contributed by atoms with E-state index < -0.39 is 0 Å². The summed E-state index contributed by atoms with van der Waals surface area (Å²) in [5.41, 5.74) is 1.21. The largest absolute Gasteiger partial charge is 0.368 e. The number of tetrazole rings is 1. The summed E-state index contributed by atoms with van der Waals surface area (Å²) in [6, 6.07) is 14.4. The van der Waals surface area contributed by atoms with Crippen LogP contribution in [0.15, 0.2) is 53.0 Å². The Morgan fingerprint density at radius 2 is 1.93 bits per heavy atom. The zero-order chi connectivity index (χ0) is 19.3. The second-order valence-electron chi connectivity index (χ2n) is 6.61. The molecule has 28 heavy (non-hydrogen) atoms. The van der Waals surface area contributed by atoms with Crippen LogP contribution in [0, 0.1) is 0 Å². The van der Waals surface area contributed by atoms with Gasteiger partial charge in [0, 0.05) is 36.7 Å². The molecular weight excluding hydrogens is 392 g/mol. The number of benzene rings is 1. The predicted molar refractivity (Wildman–Crippen MR) is 112 cm³/mol. The van der Waals surface area contributed by atoms with Crippen LogP contribution in [0.25, 0.3) is 0 Å². The van der Waals surface area contributed by atoms with Gasteiger partial charge in [-0.25, -0.2) is 4.68 Å². The molecule has 0 unspecified atom stereocenters. The van der Waals surface area contributed by atoms with E-state index >= 15 is 0 Å². The van der Waals surface area contributed by atoms with Crippen LogP contribution in [0.3, 0.4) is 0 Å². The standard InChI is InChI=1S/C19H22N6OS2/c1-15(28-19-20-21-22-25(19)14-17-8-5-13-27-17)18(26)24-11-9-23(10-12-24)16-6-3-2-4-7-16/h2-8,13,15H,9-12,14H2,1H3/t15-/m1/s1. The van der Waals surface area contributed by atoms with Crippen molar-refractivity contribution in [3.63, 3.8) is 0 Å². The fourth-order valence-corrected chi connectivity index (χ4v) is 4.78. The zero-order valence-electron chi connectivity index (χ0n) is 15.6. The molecule has 0 spiro atoms. The van der Waals surface area contributed by atoms with Crippen LogP contribution in [0.5, 0.6) is 0 Å². The van der Waals surface area contributed by atoms with Gasteiger partial charge < -0.3 is 9.80 Å². The van der Waals surface area contributed by atoms with Crippen molar-refractivity contribution < 1.29 is 4.79 Å². The van der Waals surface area contributed by atoms with Gasteiger partial charge in [-0.1, -0.05) is 36.0 Å². The second-order valence-corrected chi connectivity index (χ2v) is 8.95. The van der Waals surface area contributed by atoms with Crippen LogP contribution >= 0.6 is 23.1 Å². The molecule has 1 aliphatic heterocycles. The molecule has 4 rings (SSSR count). The van der Waals surface area contributed by atoms with Crippen molar-refractivity contribution >= 4 is 34.7 Å². The molecule has 0 bridgehead atoms. The fourth-order valence-electron chi connectivity index (χ4n) is 3.22. The Balaban J connectivity index is 1.33. The number of nitrogens with zero attached hydrogens (tertiary/aromatic N) is 6. The molecule has 1 atom stereocenters. The highest BCUT2D eigenvalue weighted by Crippen LogP contribution is 2.24. The van der Waals surface area contributed by atoms with Crippen molar-refractivity contribution in [1.82, 2.24) is 25.1 Å². The average molecular weight is 415 g/mol. The number of carbonyl (C=O) groups is 1. The number of hydrogen-bond acceptors (Lipinski definition) is 7. The van der Waals surface area contributed by atoms with Crippen LogP contribution in [0.1, 0.15) is 11.8 Å². The van der Waals surface area contributed by atoms with Crippen LogP contribution in [0.2, 0.25) is 0 Å². The third kappa shape index (κ3) is 4.36. The summed E-state index contributed by atoms with van der Waals surface area (Å²) in [6.45, 7) is 5.73. The van der Waals surface area contributed by atoms with E-state index in [2.05, 4.69) is 38.6 Å². The van der Waals surface area contributed by atoms with E-state index in [1.54, 1.807) is 16.0 Å². The molecule has 3 aromatic rings. The van der Waals surface area contributed by atoms with Gasteiger partial charge in [0.25, 0.3) is 0 Å². The highest BCUT2D eigenvalue weighted by Gasteiger charge is 2.27. The first-order chi connectivity index (χ1) is 13.7. The van der Waals surface area contributed by atoms with Crippen molar-refractivity contribution in [2.24, 2.45) is 0 Å². The van der Waals surface area contributed by atoms with Crippen LogP contribution < -0.4 is 4.90 Å². The first-order valence-corrected chi connectivity index (χ1v) is 11.0. The van der Waals surface area contributed by atoms with E-state index in [4.69, 9.17) is 0 Å². The molecule has 0 radical (unpaired) electrons. The average Bonchev–Trinajstić information content (AvgIpc) is 3.41. The third-order valence-electron chi connectivity index (χ3n) is 4.73. The zero-order valence-corrected chi connectivity index (χ0v) is 17.3. The minimum atomic E-state index is -0.226. The van der Waals surface area contributed by atoms with E-state index in [9.17, 15) is 4.79 Å². The Morgan fingerprint density at radius 3 is 2.64 bits per heavy atom. The Morgan fingerprint density at radius 1 is 1.14 bits per heavy atom. The Hall–Kier alpha value is -2.39. The molecule has 1 fully saturated rings. The molecule has 0 N–H and O–H groups in total. The molecule has 1 aromatic carbocycles. The van der Waals surface area contributed by atoms with E-state index in [1.807, 2.05) is 41.5 Å². The van der Waals surface area contributed by atoms with Gasteiger partial charge >= 0.3 is 0 Å². The summed E-state index contributed by atoms with van der Waals surface area (Å²) in [5.74, 6) is 0.142. The van der Waals surface area contributed by atoms with Gasteiger partial charge in [-0.3, -0.25) is 4.79 Å². The van der Waals surface area contributed by atoms with Gasteiger partial charge in [-0.15, -0.1) is 16.4 Å². The van der Waals surface area contributed by atoms with Gasteiger partial charge in [-0.2, -0.15) is 0 Å². The van der Waals surface area contributed by atoms with Crippen LogP contribution in [-0.2, 0) is 11.3 Å². The minimum Gasteiger partial charge on any atom is -0.368 e. The normalized spacial score (nSPS) is 15.6. The molecule has 1 aliphatic rings. The summed E-state index contributed by atoms with van der Waals surface area (Å²) < 4.78 is 1.76. The lowest BCUT2D eigenvalue weighted by Gasteiger charge is -2.37. The number of anilines is 1. The third-order valence-corrected chi connectivity index (χ3v) is 6.65. The maximum atomic E-state index is 12.9. The second kappa shape index (κ2) is 8.74. The number of para-hydroxylation sites is 1. The number of piperazine rings is 1. The highest BCUT2D eigenvalue weighted by molar-refractivity contribution is 8.00. The SMILES string of the molecule is C[C@@H](Sc1nnnn1Cc1cccs1)C(=O)N1CCN(c2ccccc2)CC1. The van der Waals surface area contributed by atoms with E-state index in [0.29, 0.717) is 11.7 Å². The molecule has 1 amide bonds. The number of thioether (sulfide) groups is 1. The summed E-state index contributed by atoms with van der Waals surface area (Å²) in [7, 11) is 0. The summed E-state index contributed by atoms with van der Waals surface area (Å²) in [6.07, 6.45) is 0. The number of aromatic nitrogens is 4. The van der Waals surface area contributed by atoms with Gasteiger partial charge in [-0.05, 0) is 40.9 Å². The Labute approximate surface area is 172 Å². The molecule has 2 aromatic heterocycles. The van der Waals surface area contributed by atoms with Gasteiger partial charge in [0.1, 0.15) is 0 Å². The van der Waals surface area contributed by atoms with Crippen LogP contribution in [-0.4, -0.2) is 62.4 Å². The first kappa shape index (κ1) is 18.9. The maximum Gasteiger partial charge on any atom is 0.236 e. The Bertz CT molecular complexity index is 890. The molecule has 9 heteroatoms. The van der Waals surface area contributed by atoms with Gasteiger partial charge in [0.05, 0.1) is 11.8 Å². The van der Waals surface area contributed by atoms with Crippen molar-refractivity contribution in [2.75, 3.05) is 31.1 Å². The van der Waals surface area contributed by atoms with Gasteiger partial charge in [0.15, 0.2) is 0 Å². The van der Waals surface area contributed by atoms with Crippen molar-refractivity contribution in [2.45, 2.75) is 23.9 Å². The molecule has 7 nitrogen and oxygen atoms in total. The fraction of sp³-hybridized carbons (Fsp3) is 0.368. The number of hydrogen-bond donors (Lipinski definition) is 0. The highest BCUT2D eigenvalue weighted by atomic mass is 32.2. The topological polar surface area (TPSA) is 67.2 Å². The van der Waals surface area contributed by atoms with Gasteiger partial charge in [0.2, 0.25) is 11.1 Å². The lowest BCUT2D eigenvalue weighted by molar-refractivity contribution is -0.130. The smallest absolute Gasteiger partial charge is 0.236 e. The summed E-state index contributed by atoms with van der Waals surface area (Å²) in [4.78, 5) is 18.4. The molecular formula is C19H22N6OS2. The van der Waals surface area contributed by atoms with Crippen molar-refractivity contribution in [3.8, 4) is 0 Å². The lowest BCUT2D eigenvalue weighted by Crippen LogP contribution is -2.50. The minimum absolute atomic E-state index is 0.142. The number of thiophene rings is 1. The molecule has 0 saturated carbocycles. The van der Waals surface area contributed by atoms with Crippen molar-refractivity contribution in [3.05, 3.63) is 52.7 Å². The van der Waals surface area contributed by atoms with E-state index in [1.165, 1.54) is 22.3 Å². The number of rotatable bonds is 6. The monoisotopic (exact) mass is 414 g/mol. The van der Waals surface area contributed by atoms with Crippen LogP contribution in [0.4, 0.5) is 5.69 Å². The van der Waals surface area contributed by atoms with E-state index in [-0.39, 0.29) is 11.2 Å². The number of amides is 1. The molecule has 146 valence electrons. The lowest BCUT2D eigenvalue weighted by atomic mass is 10.2. The maximum absolute atomic E-state index is 12.9. The van der Waals surface area contributed by atoms with Crippen molar-refractivity contribution in [1.29, 1.82) is 0 Å². The predicted octanol–water partition coefficient (Wildman–Crippen LogP) is 2.61. The molecule has 1 saturated heterocycles. The Kier molecular flexibility index (Phi) is 5.92. The summed E-state index contributed by atoms with van der Waals surface area (Å²) in [5, 5.41) is 14.4. The molecule has 0 aliphatic carbocycles. The quantitative estimate of drug-likeness (QED) is 0.578. The van der Waals surface area contributed by atoms with E-state index in [0.717, 1.165) is 26.2 Å².